The zero-order valence-electron chi connectivity index (χ0n) is 19.1. The number of aliphatic carboxylic acids is 1. The maximum atomic E-state index is 13.2. The molecule has 7 nitrogen and oxygen atoms in total. The van der Waals surface area contributed by atoms with Gasteiger partial charge in [0.1, 0.15) is 12.1 Å². The highest BCUT2D eigenvalue weighted by molar-refractivity contribution is 5.90. The number of benzene rings is 2. The Bertz CT molecular complexity index is 1060. The lowest BCUT2D eigenvalue weighted by Gasteiger charge is -2.30. The third-order valence-corrected chi connectivity index (χ3v) is 7.69. The number of ether oxygens (including phenoxy) is 1. The zero-order chi connectivity index (χ0) is 23.7. The van der Waals surface area contributed by atoms with Crippen molar-refractivity contribution in [2.45, 2.75) is 62.4 Å². The van der Waals surface area contributed by atoms with E-state index in [1.54, 1.807) is 0 Å². The zero-order valence-corrected chi connectivity index (χ0v) is 19.1. The molecule has 178 valence electrons. The van der Waals surface area contributed by atoms with E-state index < -0.39 is 23.5 Å². The van der Waals surface area contributed by atoms with Gasteiger partial charge in [0.15, 0.2) is 0 Å². The topological polar surface area (TPSA) is 105 Å². The number of hydrogen-bond acceptors (Lipinski definition) is 4. The molecule has 3 N–H and O–H groups in total. The molecule has 2 fully saturated rings. The average molecular weight is 463 g/mol. The molecule has 3 aliphatic rings. The normalized spacial score (nSPS) is 22.6. The van der Waals surface area contributed by atoms with Crippen LogP contribution in [0, 0.1) is 5.92 Å². The number of carbonyl (C=O) groups is 3. The van der Waals surface area contributed by atoms with Gasteiger partial charge in [-0.15, -0.1) is 0 Å². The second-order valence-corrected chi connectivity index (χ2v) is 9.76. The van der Waals surface area contributed by atoms with Gasteiger partial charge in [0.05, 0.1) is 5.92 Å². The fourth-order valence-corrected chi connectivity index (χ4v) is 5.88. The van der Waals surface area contributed by atoms with E-state index in [4.69, 9.17) is 4.74 Å². The maximum absolute atomic E-state index is 13.2. The molecule has 3 aliphatic carbocycles. The summed E-state index contributed by atoms with van der Waals surface area (Å²) in [5.74, 6) is -1.50. The predicted molar refractivity (Wildman–Crippen MR) is 126 cm³/mol. The molecule has 0 heterocycles. The molecule has 34 heavy (non-hydrogen) atoms. The van der Waals surface area contributed by atoms with E-state index in [9.17, 15) is 19.5 Å². The van der Waals surface area contributed by atoms with Crippen molar-refractivity contribution in [1.82, 2.24) is 10.6 Å². The third kappa shape index (κ3) is 4.15. The van der Waals surface area contributed by atoms with Crippen LogP contribution in [0.5, 0.6) is 0 Å². The van der Waals surface area contributed by atoms with Crippen LogP contribution in [0.4, 0.5) is 4.79 Å². The van der Waals surface area contributed by atoms with Crippen molar-refractivity contribution >= 4 is 18.0 Å². The predicted octanol–water partition coefficient (Wildman–Crippen LogP) is 4.21. The molecule has 0 saturated heterocycles. The second-order valence-electron chi connectivity index (χ2n) is 9.76. The minimum Gasteiger partial charge on any atom is -0.481 e. The molecule has 0 radical (unpaired) electrons. The number of carbonyl (C=O) groups excluding carboxylic acids is 2. The van der Waals surface area contributed by atoms with E-state index in [1.165, 1.54) is 0 Å². The van der Waals surface area contributed by atoms with Crippen molar-refractivity contribution in [2.24, 2.45) is 5.92 Å². The molecule has 2 aromatic rings. The molecule has 0 bridgehead atoms. The summed E-state index contributed by atoms with van der Waals surface area (Å²) >= 11 is 0. The van der Waals surface area contributed by atoms with Gasteiger partial charge in [-0.2, -0.15) is 0 Å². The van der Waals surface area contributed by atoms with Crippen molar-refractivity contribution in [3.05, 3.63) is 59.7 Å². The fourth-order valence-electron chi connectivity index (χ4n) is 5.88. The van der Waals surface area contributed by atoms with Crippen molar-refractivity contribution in [3.63, 3.8) is 0 Å². The van der Waals surface area contributed by atoms with Crippen LogP contribution in [-0.4, -0.2) is 41.3 Å². The Hall–Kier alpha value is -3.35. The highest BCUT2D eigenvalue weighted by atomic mass is 16.5. The summed E-state index contributed by atoms with van der Waals surface area (Å²) in [6, 6.07) is 16.2. The van der Waals surface area contributed by atoms with E-state index in [2.05, 4.69) is 34.9 Å². The van der Waals surface area contributed by atoms with Gasteiger partial charge in [0.2, 0.25) is 5.91 Å². The Balaban J connectivity index is 1.23. The van der Waals surface area contributed by atoms with Crippen LogP contribution in [0.3, 0.4) is 0 Å². The molecule has 5 rings (SSSR count). The highest BCUT2D eigenvalue weighted by Gasteiger charge is 2.44. The van der Waals surface area contributed by atoms with Gasteiger partial charge in [0.25, 0.3) is 0 Å². The summed E-state index contributed by atoms with van der Waals surface area (Å²) in [6.45, 7) is 0.195. The quantitative estimate of drug-likeness (QED) is 0.597. The Morgan fingerprint density at radius 2 is 1.56 bits per heavy atom. The lowest BCUT2D eigenvalue weighted by atomic mass is 9.95. The van der Waals surface area contributed by atoms with Crippen LogP contribution in [0.2, 0.25) is 0 Å². The van der Waals surface area contributed by atoms with E-state index in [0.29, 0.717) is 32.1 Å². The summed E-state index contributed by atoms with van der Waals surface area (Å²) in [4.78, 5) is 37.3. The van der Waals surface area contributed by atoms with Gasteiger partial charge in [-0.05, 0) is 54.4 Å². The molecule has 2 aromatic carbocycles. The van der Waals surface area contributed by atoms with E-state index in [-0.39, 0.29) is 24.5 Å². The Morgan fingerprint density at radius 3 is 2.15 bits per heavy atom. The summed E-state index contributed by atoms with van der Waals surface area (Å²) in [6.07, 6.45) is 3.85. The van der Waals surface area contributed by atoms with Gasteiger partial charge in [-0.25, -0.2) is 4.79 Å². The number of carboxylic acids is 1. The first kappa shape index (κ1) is 22.4. The number of nitrogens with one attached hydrogen (secondary N) is 2. The minimum absolute atomic E-state index is 0.0436. The molecule has 2 amide bonds. The largest absolute Gasteiger partial charge is 0.481 e. The van der Waals surface area contributed by atoms with Crippen LogP contribution >= 0.6 is 0 Å². The summed E-state index contributed by atoms with van der Waals surface area (Å²) in [7, 11) is 0. The Labute approximate surface area is 198 Å². The summed E-state index contributed by atoms with van der Waals surface area (Å²) in [5.41, 5.74) is 3.60. The highest BCUT2D eigenvalue weighted by Crippen LogP contribution is 2.44. The lowest BCUT2D eigenvalue weighted by Crippen LogP contribution is -2.58. The number of carboxylic acid groups (broad SMARTS) is 1. The molecule has 2 atom stereocenters. The monoisotopic (exact) mass is 462 g/mol. The Morgan fingerprint density at radius 1 is 0.941 bits per heavy atom. The van der Waals surface area contributed by atoms with Gasteiger partial charge in [0, 0.05) is 12.0 Å². The van der Waals surface area contributed by atoms with Gasteiger partial charge < -0.3 is 20.5 Å². The first-order valence-electron chi connectivity index (χ1n) is 12.1. The Kier molecular flexibility index (Phi) is 6.02. The molecule has 2 unspecified atom stereocenters. The first-order valence-corrected chi connectivity index (χ1v) is 12.1. The molecular weight excluding hydrogens is 432 g/mol. The van der Waals surface area contributed by atoms with Gasteiger partial charge in [-0.1, -0.05) is 61.4 Å². The van der Waals surface area contributed by atoms with Crippen LogP contribution < -0.4 is 10.6 Å². The van der Waals surface area contributed by atoms with Crippen LogP contribution in [0.15, 0.2) is 48.5 Å². The molecule has 2 saturated carbocycles. The molecule has 0 aliphatic heterocycles. The van der Waals surface area contributed by atoms with Crippen molar-refractivity contribution in [2.75, 3.05) is 6.61 Å². The van der Waals surface area contributed by atoms with Crippen LogP contribution in [-0.2, 0) is 14.3 Å². The van der Waals surface area contributed by atoms with Crippen LogP contribution in [0.25, 0.3) is 11.1 Å². The second kappa shape index (κ2) is 9.12. The SMILES string of the molecule is O=C(NC1(C(=O)NC2CCC(C(=O)O)C2)CCCC1)OCC1c2ccccc2-c2ccccc21. The van der Waals surface area contributed by atoms with E-state index in [1.807, 2.05) is 24.3 Å². The molecular formula is C27H30N2O5. The smallest absolute Gasteiger partial charge is 0.408 e. The number of fused-ring (bicyclic) bond motifs is 3. The fraction of sp³-hybridized carbons (Fsp3) is 0.444. The molecule has 0 spiro atoms. The number of alkyl carbamates (subject to hydrolysis) is 1. The van der Waals surface area contributed by atoms with Gasteiger partial charge >= 0.3 is 12.1 Å². The molecule has 0 aromatic heterocycles. The van der Waals surface area contributed by atoms with Crippen molar-refractivity contribution in [1.29, 1.82) is 0 Å². The number of amides is 2. The van der Waals surface area contributed by atoms with Crippen LogP contribution in [0.1, 0.15) is 62.0 Å². The minimum atomic E-state index is -0.996. The standard InChI is InChI=1S/C27H30N2O5/c30-24(31)17-11-12-18(15-17)28-25(32)27(13-5-6-14-27)29-26(33)34-16-23-21-9-3-1-7-19(21)20-8-2-4-10-22(20)23/h1-4,7-10,17-18,23H,5-6,11-16H2,(H,28,32)(H,29,33)(H,30,31). The van der Waals surface area contributed by atoms with E-state index in [0.717, 1.165) is 35.1 Å². The molecule has 7 heteroatoms. The third-order valence-electron chi connectivity index (χ3n) is 7.69. The van der Waals surface area contributed by atoms with Gasteiger partial charge in [-0.3, -0.25) is 9.59 Å². The maximum Gasteiger partial charge on any atom is 0.408 e. The number of hydrogen-bond donors (Lipinski definition) is 3. The average Bonchev–Trinajstić information content (AvgIpc) is 3.56. The van der Waals surface area contributed by atoms with E-state index >= 15 is 0 Å². The van der Waals surface area contributed by atoms with Crippen molar-refractivity contribution < 1.29 is 24.2 Å². The van der Waals surface area contributed by atoms with Crippen molar-refractivity contribution in [3.8, 4) is 11.1 Å². The lowest BCUT2D eigenvalue weighted by molar-refractivity contribution is -0.141. The number of rotatable bonds is 6. The summed E-state index contributed by atoms with van der Waals surface area (Å²) < 4.78 is 5.69. The summed E-state index contributed by atoms with van der Waals surface area (Å²) in [5, 5.41) is 15.1. The first-order chi connectivity index (χ1) is 16.5.